The van der Waals surface area contributed by atoms with Crippen LogP contribution in [-0.4, -0.2) is 44.9 Å². The lowest BCUT2D eigenvalue weighted by molar-refractivity contribution is -0.166. The molecule has 2 unspecified atom stereocenters. The maximum absolute atomic E-state index is 13.6. The number of hydrogen-bond donors (Lipinski definition) is 1. The smallest absolute Gasteiger partial charge is 0.416 e. The van der Waals surface area contributed by atoms with Gasteiger partial charge in [-0.15, -0.1) is 11.8 Å². The van der Waals surface area contributed by atoms with E-state index < -0.39 is 57.8 Å². The van der Waals surface area contributed by atoms with Crippen molar-refractivity contribution in [2.75, 3.05) is 0 Å². The van der Waals surface area contributed by atoms with Gasteiger partial charge in [0.1, 0.15) is 17.5 Å². The lowest BCUT2D eigenvalue weighted by atomic mass is 9.95. The molecule has 1 N–H and O–H groups in total. The molecule has 0 aromatic heterocycles. The Kier molecular flexibility index (Phi) is 7.39. The second-order valence-corrected chi connectivity index (χ2v) is 12.1. The highest BCUT2D eigenvalue weighted by Gasteiger charge is 2.64. The Morgan fingerprint density at radius 1 is 0.975 bits per heavy atom. The van der Waals surface area contributed by atoms with E-state index in [0.717, 1.165) is 23.3 Å². The van der Waals surface area contributed by atoms with Crippen molar-refractivity contribution in [1.82, 2.24) is 10.2 Å². The molecule has 3 aromatic rings. The monoisotopic (exact) mass is 568 g/mol. The Hall–Kier alpha value is -3.79. The third-order valence-corrected chi connectivity index (χ3v) is 8.61. The molecular weight excluding hydrogens is 541 g/mol. The van der Waals surface area contributed by atoms with Crippen LogP contribution in [0, 0.1) is 0 Å². The summed E-state index contributed by atoms with van der Waals surface area (Å²) in [5, 5.41) is 2.15. The van der Waals surface area contributed by atoms with E-state index in [2.05, 4.69) is 5.32 Å². The first kappa shape index (κ1) is 27.8. The summed E-state index contributed by atoms with van der Waals surface area (Å²) in [6.07, 6.45) is -5.50. The van der Waals surface area contributed by atoms with Crippen LogP contribution in [0.4, 0.5) is 13.2 Å². The summed E-state index contributed by atoms with van der Waals surface area (Å²) in [6.45, 7) is 3.69. The van der Waals surface area contributed by atoms with E-state index in [0.29, 0.717) is 0 Å². The molecule has 2 fully saturated rings. The predicted molar refractivity (Wildman–Crippen MR) is 144 cm³/mol. The molecule has 2 heterocycles. The van der Waals surface area contributed by atoms with Gasteiger partial charge in [-0.05, 0) is 36.6 Å². The van der Waals surface area contributed by atoms with Crippen molar-refractivity contribution in [1.29, 1.82) is 0 Å². The van der Waals surface area contributed by atoms with Gasteiger partial charge in [0.2, 0.25) is 11.8 Å². The van der Waals surface area contributed by atoms with Gasteiger partial charge >= 0.3 is 12.1 Å². The number of benzene rings is 3. The normalized spacial score (nSPS) is 21.5. The number of alkyl halides is 3. The zero-order valence-electron chi connectivity index (χ0n) is 21.7. The summed E-state index contributed by atoms with van der Waals surface area (Å²) in [6, 6.07) is 21.4. The van der Waals surface area contributed by atoms with Gasteiger partial charge in [-0.1, -0.05) is 78.9 Å². The van der Waals surface area contributed by atoms with Crippen LogP contribution in [0.1, 0.15) is 42.2 Å². The Morgan fingerprint density at radius 2 is 1.57 bits per heavy atom. The summed E-state index contributed by atoms with van der Waals surface area (Å²) in [4.78, 5) is 40.9. The molecule has 0 spiro atoms. The lowest BCUT2D eigenvalue weighted by Gasteiger charge is -2.44. The fraction of sp³-hybridized carbons (Fsp3) is 0.300. The molecule has 3 atom stereocenters. The van der Waals surface area contributed by atoms with Crippen molar-refractivity contribution in [3.05, 3.63) is 107 Å². The maximum Gasteiger partial charge on any atom is 0.416 e. The molecule has 0 radical (unpaired) electrons. The molecule has 6 nitrogen and oxygen atoms in total. The van der Waals surface area contributed by atoms with E-state index in [4.69, 9.17) is 4.74 Å². The van der Waals surface area contributed by atoms with Crippen LogP contribution in [0.3, 0.4) is 0 Å². The number of nitrogens with one attached hydrogen (secondary N) is 1. The molecule has 5 rings (SSSR count). The van der Waals surface area contributed by atoms with Gasteiger partial charge < -0.3 is 15.0 Å². The van der Waals surface area contributed by atoms with Crippen molar-refractivity contribution in [2.45, 2.75) is 54.8 Å². The summed E-state index contributed by atoms with van der Waals surface area (Å²) in [5.74, 6) is -1.56. The number of hydrogen-bond acceptors (Lipinski definition) is 5. The number of thioether (sulfide) groups is 1. The molecule has 2 aliphatic rings. The van der Waals surface area contributed by atoms with E-state index in [9.17, 15) is 27.6 Å². The molecule has 40 heavy (non-hydrogen) atoms. The van der Waals surface area contributed by atoms with Gasteiger partial charge in [0.15, 0.2) is 6.10 Å². The number of ether oxygens (including phenoxy) is 1. The largest absolute Gasteiger partial charge is 0.451 e. The van der Waals surface area contributed by atoms with Crippen molar-refractivity contribution in [2.24, 2.45) is 0 Å². The maximum atomic E-state index is 13.6. The van der Waals surface area contributed by atoms with Gasteiger partial charge in [-0.3, -0.25) is 9.59 Å². The number of β-lactam (4-membered cyclic amide) rings is 1. The number of halogens is 3. The molecule has 2 aliphatic heterocycles. The fourth-order valence-electron chi connectivity index (χ4n) is 5.16. The van der Waals surface area contributed by atoms with Crippen LogP contribution < -0.4 is 5.32 Å². The van der Waals surface area contributed by atoms with Crippen molar-refractivity contribution >= 4 is 29.5 Å². The summed E-state index contributed by atoms with van der Waals surface area (Å²) in [5.41, 5.74) is 0.917. The minimum Gasteiger partial charge on any atom is -0.451 e. The molecule has 0 saturated carbocycles. The van der Waals surface area contributed by atoms with Gasteiger partial charge in [0.25, 0.3) is 0 Å². The van der Waals surface area contributed by atoms with Crippen molar-refractivity contribution in [3.63, 3.8) is 0 Å². The molecule has 0 bridgehead atoms. The SMILES string of the molecule is CC1(C)S[C@@H]2C(NC(=O)Cc3cccc(C(F)(F)F)c3)C(=O)N2C1C(=O)OC(c1ccccc1)c1ccccc1. The Bertz CT molecular complexity index is 1380. The van der Waals surface area contributed by atoms with Gasteiger partial charge in [-0.25, -0.2) is 4.79 Å². The van der Waals surface area contributed by atoms with E-state index in [1.807, 2.05) is 74.5 Å². The number of rotatable bonds is 7. The highest BCUT2D eigenvalue weighted by molar-refractivity contribution is 8.01. The molecular formula is C30H27F3N2O4S. The first-order valence-corrected chi connectivity index (χ1v) is 13.6. The highest BCUT2D eigenvalue weighted by Crippen LogP contribution is 2.51. The second-order valence-electron chi connectivity index (χ2n) is 10.3. The Balaban J connectivity index is 1.29. The minimum absolute atomic E-state index is 0.185. The number of carbonyl (C=O) groups is 3. The lowest BCUT2D eigenvalue weighted by Crippen LogP contribution is -2.70. The van der Waals surface area contributed by atoms with Gasteiger partial charge in [-0.2, -0.15) is 13.2 Å². The van der Waals surface area contributed by atoms with E-state index in [1.54, 1.807) is 0 Å². The van der Waals surface area contributed by atoms with E-state index >= 15 is 0 Å². The van der Waals surface area contributed by atoms with Crippen LogP contribution in [0.5, 0.6) is 0 Å². The Labute approximate surface area is 233 Å². The number of nitrogens with zero attached hydrogens (tertiary/aromatic N) is 1. The predicted octanol–water partition coefficient (Wildman–Crippen LogP) is 5.13. The molecule has 0 aliphatic carbocycles. The highest BCUT2D eigenvalue weighted by atomic mass is 32.2. The van der Waals surface area contributed by atoms with E-state index in [1.165, 1.54) is 28.8 Å². The molecule has 3 aromatic carbocycles. The van der Waals surface area contributed by atoms with E-state index in [-0.39, 0.29) is 12.0 Å². The van der Waals surface area contributed by atoms with Crippen LogP contribution in [-0.2, 0) is 31.7 Å². The van der Waals surface area contributed by atoms with Crippen molar-refractivity contribution < 1.29 is 32.3 Å². The number of esters is 1. The van der Waals surface area contributed by atoms with Crippen molar-refractivity contribution in [3.8, 4) is 0 Å². The molecule has 2 amide bonds. The zero-order valence-corrected chi connectivity index (χ0v) is 22.5. The Morgan fingerprint density at radius 3 is 2.15 bits per heavy atom. The van der Waals surface area contributed by atoms with Crippen LogP contribution in [0.25, 0.3) is 0 Å². The van der Waals surface area contributed by atoms with Crippen LogP contribution >= 0.6 is 11.8 Å². The van der Waals surface area contributed by atoms with Gasteiger partial charge in [0, 0.05) is 4.75 Å². The average molecular weight is 569 g/mol. The molecule has 10 heteroatoms. The number of carbonyl (C=O) groups excluding carboxylic acids is 3. The third kappa shape index (κ3) is 5.45. The fourth-order valence-corrected chi connectivity index (χ4v) is 6.78. The minimum atomic E-state index is -4.52. The van der Waals surface area contributed by atoms with Crippen LogP contribution in [0.2, 0.25) is 0 Å². The first-order chi connectivity index (χ1) is 19.0. The number of amides is 2. The summed E-state index contributed by atoms with van der Waals surface area (Å²) in [7, 11) is 0. The molecule has 2 saturated heterocycles. The quantitative estimate of drug-likeness (QED) is 0.316. The second kappa shape index (κ2) is 10.6. The standard InChI is InChI=1S/C30H27F3N2O4S/c1-29(2)25(28(38)39-24(19-11-5-3-6-12-19)20-13-7-4-8-14-20)35-26(37)23(27(35)40-29)34-22(36)17-18-10-9-15-21(16-18)30(31,32)33/h3-16,23-25,27H,17H2,1-2H3,(H,34,36)/t23?,25?,27-/m1/s1. The van der Waals surface area contributed by atoms with Crippen LogP contribution in [0.15, 0.2) is 84.9 Å². The van der Waals surface area contributed by atoms with Gasteiger partial charge in [0.05, 0.1) is 12.0 Å². The third-order valence-electron chi connectivity index (χ3n) is 7.04. The zero-order chi connectivity index (χ0) is 28.7. The summed E-state index contributed by atoms with van der Waals surface area (Å²) < 4.78 is 44.4. The first-order valence-electron chi connectivity index (χ1n) is 12.7. The summed E-state index contributed by atoms with van der Waals surface area (Å²) >= 11 is 1.38. The molecule has 208 valence electrons. The number of fused-ring (bicyclic) bond motifs is 1. The average Bonchev–Trinajstić information content (AvgIpc) is 3.18. The topological polar surface area (TPSA) is 75.7 Å².